The zero-order chi connectivity index (χ0) is 7.40. The molecule has 0 aromatic carbocycles. The summed E-state index contributed by atoms with van der Waals surface area (Å²) in [5.74, 6) is 0. The average Bonchev–Trinajstić information content (AvgIpc) is 1.94. The van der Waals surface area contributed by atoms with E-state index in [0.717, 1.165) is 31.3 Å². The van der Waals surface area contributed by atoms with Crippen molar-refractivity contribution in [3.63, 3.8) is 0 Å². The van der Waals surface area contributed by atoms with E-state index >= 15 is 0 Å². The summed E-state index contributed by atoms with van der Waals surface area (Å²) in [6.45, 7) is 3.64. The van der Waals surface area contributed by atoms with Crippen LogP contribution in [0.25, 0.3) is 0 Å². The van der Waals surface area contributed by atoms with E-state index in [0.29, 0.717) is 0 Å². The molecule has 0 bridgehead atoms. The molecule has 1 nitrogen and oxygen atoms in total. The van der Waals surface area contributed by atoms with Crippen molar-refractivity contribution in [2.75, 3.05) is 0 Å². The molecule has 0 spiro atoms. The van der Waals surface area contributed by atoms with E-state index in [4.69, 9.17) is 0 Å². The summed E-state index contributed by atoms with van der Waals surface area (Å²) in [6, 6.07) is 0. The van der Waals surface area contributed by atoms with Crippen LogP contribution in [0.3, 0.4) is 0 Å². The van der Waals surface area contributed by atoms with E-state index < -0.39 is 0 Å². The molecular formula is C9H14O. The van der Waals surface area contributed by atoms with Crippen molar-refractivity contribution in [3.8, 4) is 0 Å². The quantitative estimate of drug-likeness (QED) is 0.579. The second-order valence-corrected chi connectivity index (χ2v) is 2.72. The van der Waals surface area contributed by atoms with Crippen LogP contribution in [0.2, 0.25) is 0 Å². The summed E-state index contributed by atoms with van der Waals surface area (Å²) < 4.78 is 0. The third-order valence-electron chi connectivity index (χ3n) is 1.90. The lowest BCUT2D eigenvalue weighted by atomic mass is 9.94. The van der Waals surface area contributed by atoms with E-state index in [1.54, 1.807) is 0 Å². The molecule has 0 fully saturated rings. The molecule has 0 amide bonds. The number of hydrogen-bond donors (Lipinski definition) is 1. The van der Waals surface area contributed by atoms with Gasteiger partial charge in [-0.25, -0.2) is 0 Å². The second kappa shape index (κ2) is 3.57. The lowest BCUT2D eigenvalue weighted by Crippen LogP contribution is -2.12. The third kappa shape index (κ3) is 1.71. The zero-order valence-corrected chi connectivity index (χ0v) is 6.21. The molecule has 56 valence electrons. The molecule has 0 aromatic heterocycles. The van der Waals surface area contributed by atoms with E-state index in [9.17, 15) is 5.11 Å². The minimum absolute atomic E-state index is 0.188. The summed E-state index contributed by atoms with van der Waals surface area (Å²) >= 11 is 0. The van der Waals surface area contributed by atoms with Crippen molar-refractivity contribution >= 4 is 0 Å². The number of aliphatic hydroxyl groups excluding tert-OH is 1. The molecule has 1 atom stereocenters. The fraction of sp³-hybridized carbons (Fsp3) is 0.556. The van der Waals surface area contributed by atoms with Gasteiger partial charge in [0.25, 0.3) is 0 Å². The van der Waals surface area contributed by atoms with Crippen LogP contribution in [0.15, 0.2) is 24.3 Å². The molecule has 1 rings (SSSR count). The van der Waals surface area contributed by atoms with Crippen molar-refractivity contribution in [2.24, 2.45) is 0 Å². The van der Waals surface area contributed by atoms with Gasteiger partial charge in [-0.1, -0.05) is 12.2 Å². The Morgan fingerprint density at radius 3 is 3.20 bits per heavy atom. The number of allylic oxidation sites excluding steroid dienone is 2. The van der Waals surface area contributed by atoms with Crippen molar-refractivity contribution in [1.82, 2.24) is 0 Å². The molecule has 0 saturated heterocycles. The fourth-order valence-corrected chi connectivity index (χ4v) is 1.31. The van der Waals surface area contributed by atoms with Crippen molar-refractivity contribution < 1.29 is 5.11 Å². The van der Waals surface area contributed by atoms with Crippen molar-refractivity contribution in [1.29, 1.82) is 0 Å². The molecule has 1 heteroatoms. The lowest BCUT2D eigenvalue weighted by Gasteiger charge is -2.17. The maximum Gasteiger partial charge on any atom is 0.0753 e. The predicted molar refractivity (Wildman–Crippen MR) is 42.8 cm³/mol. The Hall–Kier alpha value is -0.560. The highest BCUT2D eigenvalue weighted by atomic mass is 16.3. The molecule has 10 heavy (non-hydrogen) atoms. The summed E-state index contributed by atoms with van der Waals surface area (Å²) in [4.78, 5) is 0. The molecule has 0 aromatic rings. The van der Waals surface area contributed by atoms with Gasteiger partial charge in [0.05, 0.1) is 6.10 Å². The highest BCUT2D eigenvalue weighted by molar-refractivity contribution is 5.13. The van der Waals surface area contributed by atoms with Crippen molar-refractivity contribution in [3.05, 3.63) is 24.3 Å². The Kier molecular flexibility index (Phi) is 2.69. The van der Waals surface area contributed by atoms with Gasteiger partial charge >= 0.3 is 0 Å². The molecule has 0 saturated carbocycles. The van der Waals surface area contributed by atoms with E-state index in [1.807, 2.05) is 6.08 Å². The summed E-state index contributed by atoms with van der Waals surface area (Å²) in [5, 5.41) is 9.38. The fourth-order valence-electron chi connectivity index (χ4n) is 1.31. The highest BCUT2D eigenvalue weighted by Gasteiger charge is 2.12. The summed E-state index contributed by atoms with van der Waals surface area (Å²) in [7, 11) is 0. The Morgan fingerprint density at radius 2 is 2.60 bits per heavy atom. The first kappa shape index (κ1) is 7.55. The van der Waals surface area contributed by atoms with Crippen LogP contribution in [0.5, 0.6) is 0 Å². The number of rotatable bonds is 2. The van der Waals surface area contributed by atoms with Gasteiger partial charge in [0.1, 0.15) is 0 Å². The van der Waals surface area contributed by atoms with Gasteiger partial charge in [0.2, 0.25) is 0 Å². The Labute approximate surface area is 62.1 Å². The lowest BCUT2D eigenvalue weighted by molar-refractivity contribution is 0.189. The molecule has 1 N–H and O–H groups in total. The van der Waals surface area contributed by atoms with Crippen LogP contribution in [-0.2, 0) is 0 Å². The third-order valence-corrected chi connectivity index (χ3v) is 1.90. The molecule has 0 unspecified atom stereocenters. The molecule has 0 heterocycles. The largest absolute Gasteiger partial charge is 0.389 e. The Bertz CT molecular complexity index is 147. The van der Waals surface area contributed by atoms with E-state index in [-0.39, 0.29) is 6.10 Å². The first-order valence-electron chi connectivity index (χ1n) is 3.82. The summed E-state index contributed by atoms with van der Waals surface area (Å²) in [5.41, 5.74) is 1.15. The van der Waals surface area contributed by atoms with Crippen LogP contribution >= 0.6 is 0 Å². The smallest absolute Gasteiger partial charge is 0.0753 e. The second-order valence-electron chi connectivity index (χ2n) is 2.72. The zero-order valence-electron chi connectivity index (χ0n) is 6.21. The standard InChI is InChI=1S/C9H14O/c1-2-5-8-6-3-4-7-9(8)10/h2,6,9-10H,1,3-5,7H2/t9-/m0/s1. The molecule has 1 aliphatic carbocycles. The monoisotopic (exact) mass is 138 g/mol. The van der Waals surface area contributed by atoms with Gasteiger partial charge in [0.15, 0.2) is 0 Å². The topological polar surface area (TPSA) is 20.2 Å². The maximum absolute atomic E-state index is 9.38. The SMILES string of the molecule is C=CCC1=CCCC[C@@H]1O. The first-order valence-corrected chi connectivity index (χ1v) is 3.82. The van der Waals surface area contributed by atoms with Gasteiger partial charge in [0, 0.05) is 0 Å². The van der Waals surface area contributed by atoms with Crippen LogP contribution in [-0.4, -0.2) is 11.2 Å². The minimum Gasteiger partial charge on any atom is -0.389 e. The minimum atomic E-state index is -0.188. The van der Waals surface area contributed by atoms with Crippen LogP contribution in [0.4, 0.5) is 0 Å². The Balaban J connectivity index is 2.52. The van der Waals surface area contributed by atoms with Crippen molar-refractivity contribution in [2.45, 2.75) is 31.8 Å². The molecule has 0 aliphatic heterocycles. The van der Waals surface area contributed by atoms with Gasteiger partial charge < -0.3 is 5.11 Å². The molecule has 0 radical (unpaired) electrons. The number of hydrogen-bond acceptors (Lipinski definition) is 1. The van der Waals surface area contributed by atoms with E-state index in [1.165, 1.54) is 0 Å². The molecule has 1 aliphatic rings. The summed E-state index contributed by atoms with van der Waals surface area (Å²) in [6.07, 6.45) is 7.82. The average molecular weight is 138 g/mol. The van der Waals surface area contributed by atoms with Gasteiger partial charge in [-0.2, -0.15) is 0 Å². The maximum atomic E-state index is 9.38. The van der Waals surface area contributed by atoms with Crippen LogP contribution in [0.1, 0.15) is 25.7 Å². The Morgan fingerprint density at radius 1 is 1.80 bits per heavy atom. The van der Waals surface area contributed by atoms with Gasteiger partial charge in [-0.3, -0.25) is 0 Å². The van der Waals surface area contributed by atoms with Crippen LogP contribution < -0.4 is 0 Å². The van der Waals surface area contributed by atoms with E-state index in [2.05, 4.69) is 12.7 Å². The van der Waals surface area contributed by atoms with Crippen LogP contribution in [0, 0.1) is 0 Å². The first-order chi connectivity index (χ1) is 4.84. The normalized spacial score (nSPS) is 25.7. The highest BCUT2D eigenvalue weighted by Crippen LogP contribution is 2.20. The van der Waals surface area contributed by atoms with Gasteiger partial charge in [-0.15, -0.1) is 6.58 Å². The predicted octanol–water partition coefficient (Wildman–Crippen LogP) is 2.03. The molecular weight excluding hydrogens is 124 g/mol. The number of aliphatic hydroxyl groups is 1. The van der Waals surface area contributed by atoms with Gasteiger partial charge in [-0.05, 0) is 31.3 Å².